The monoisotopic (exact) mass is 255 g/mol. The van der Waals surface area contributed by atoms with Crippen LogP contribution in [0.3, 0.4) is 0 Å². The van der Waals surface area contributed by atoms with Crippen LogP contribution in [0.15, 0.2) is 24.3 Å². The molecule has 0 fully saturated rings. The summed E-state index contributed by atoms with van der Waals surface area (Å²) in [6.07, 6.45) is 0.773. The molecule has 0 aliphatic heterocycles. The molecule has 0 aliphatic rings. The van der Waals surface area contributed by atoms with Gasteiger partial charge in [0.2, 0.25) is 0 Å². The van der Waals surface area contributed by atoms with Crippen LogP contribution >= 0.6 is 0 Å². The average molecular weight is 255 g/mol. The first-order valence-corrected chi connectivity index (χ1v) is 6.50. The maximum Gasteiger partial charge on any atom is 0.263 e. The molecule has 0 spiro atoms. The molecule has 1 aromatic carbocycles. The minimum atomic E-state index is -2.37. The van der Waals surface area contributed by atoms with Gasteiger partial charge in [0.05, 0.1) is 0 Å². The highest BCUT2D eigenvalue weighted by Crippen LogP contribution is 2.19. The molecule has 102 valence electrons. The first kappa shape index (κ1) is 15.1. The number of nitrogens with one attached hydrogen (secondary N) is 1. The van der Waals surface area contributed by atoms with Crippen LogP contribution in [0.2, 0.25) is 0 Å². The zero-order chi connectivity index (χ0) is 13.6. The fraction of sp³-hybridized carbons (Fsp3) is 0.600. The number of halogens is 2. The summed E-state index contributed by atoms with van der Waals surface area (Å²) in [4.78, 5) is 0. The van der Waals surface area contributed by atoms with Crippen LogP contribution in [0, 0.1) is 0 Å². The Labute approximate surface area is 109 Å². The molecule has 0 amide bonds. The van der Waals surface area contributed by atoms with Gasteiger partial charge in [-0.3, -0.25) is 0 Å². The van der Waals surface area contributed by atoms with E-state index in [1.54, 1.807) is 12.1 Å². The lowest BCUT2D eigenvalue weighted by molar-refractivity contribution is 0.151. The third-order valence-corrected chi connectivity index (χ3v) is 2.78. The van der Waals surface area contributed by atoms with E-state index in [2.05, 4.69) is 26.1 Å². The highest BCUT2D eigenvalue weighted by molar-refractivity contribution is 5.23. The Kier molecular flexibility index (Phi) is 5.73. The molecular weight excluding hydrogens is 232 g/mol. The number of aryl methyl sites for hydroxylation is 1. The minimum absolute atomic E-state index is 0.105. The van der Waals surface area contributed by atoms with Gasteiger partial charge < -0.3 is 5.32 Å². The molecule has 3 heteroatoms. The zero-order valence-electron chi connectivity index (χ0n) is 11.5. The van der Waals surface area contributed by atoms with Crippen molar-refractivity contribution >= 4 is 0 Å². The molecule has 0 radical (unpaired) electrons. The summed E-state index contributed by atoms with van der Waals surface area (Å²) in [5, 5.41) is 3.43. The molecule has 1 rings (SSSR count). The van der Waals surface area contributed by atoms with E-state index in [-0.39, 0.29) is 11.1 Å². The van der Waals surface area contributed by atoms with Gasteiger partial charge in [0, 0.05) is 11.1 Å². The first-order valence-electron chi connectivity index (χ1n) is 6.50. The summed E-state index contributed by atoms with van der Waals surface area (Å²) in [6.45, 7) is 7.45. The van der Waals surface area contributed by atoms with Gasteiger partial charge in [0.1, 0.15) is 0 Å². The van der Waals surface area contributed by atoms with Crippen molar-refractivity contribution in [2.24, 2.45) is 0 Å². The predicted octanol–water partition coefficient (Wildman–Crippen LogP) is 4.34. The van der Waals surface area contributed by atoms with E-state index >= 15 is 0 Å². The van der Waals surface area contributed by atoms with E-state index in [1.165, 1.54) is 12.1 Å². The lowest BCUT2D eigenvalue weighted by atomic mass is 10.1. The second-order valence-corrected chi connectivity index (χ2v) is 5.68. The molecule has 0 aliphatic carbocycles. The van der Waals surface area contributed by atoms with Gasteiger partial charge in [-0.2, -0.15) is 0 Å². The normalized spacial score (nSPS) is 12.1. The Morgan fingerprint density at radius 3 is 2.17 bits per heavy atom. The summed E-state index contributed by atoms with van der Waals surface area (Å²) in [5.74, 6) is 0. The number of rotatable bonds is 6. The molecule has 0 aromatic heterocycles. The number of unbranched alkanes of at least 4 members (excludes halogenated alkanes) is 1. The van der Waals surface area contributed by atoms with Gasteiger partial charge in [0.25, 0.3) is 6.43 Å². The van der Waals surface area contributed by atoms with Crippen molar-refractivity contribution in [2.75, 3.05) is 6.54 Å². The number of hydrogen-bond acceptors (Lipinski definition) is 1. The van der Waals surface area contributed by atoms with Crippen LogP contribution in [0.25, 0.3) is 0 Å². The van der Waals surface area contributed by atoms with Crippen LogP contribution in [0.4, 0.5) is 8.78 Å². The fourth-order valence-electron chi connectivity index (χ4n) is 1.75. The highest BCUT2D eigenvalue weighted by atomic mass is 19.3. The molecule has 18 heavy (non-hydrogen) atoms. The van der Waals surface area contributed by atoms with Crippen LogP contribution in [0.1, 0.15) is 51.2 Å². The maximum atomic E-state index is 12.4. The summed E-state index contributed by atoms with van der Waals surface area (Å²) < 4.78 is 24.7. The third-order valence-electron chi connectivity index (χ3n) is 2.78. The Bertz CT molecular complexity index is 339. The van der Waals surface area contributed by atoms with Crippen molar-refractivity contribution in [3.05, 3.63) is 35.4 Å². The Hall–Kier alpha value is -0.960. The second kappa shape index (κ2) is 6.83. The third kappa shape index (κ3) is 6.10. The molecule has 0 atom stereocenters. The van der Waals surface area contributed by atoms with Gasteiger partial charge in [-0.25, -0.2) is 8.78 Å². The fourth-order valence-corrected chi connectivity index (χ4v) is 1.75. The van der Waals surface area contributed by atoms with Gasteiger partial charge in [-0.05, 0) is 52.1 Å². The summed E-state index contributed by atoms with van der Waals surface area (Å²) in [7, 11) is 0. The number of benzene rings is 1. The van der Waals surface area contributed by atoms with Gasteiger partial charge in [-0.15, -0.1) is 0 Å². The van der Waals surface area contributed by atoms with E-state index in [0.717, 1.165) is 31.4 Å². The summed E-state index contributed by atoms with van der Waals surface area (Å²) in [6, 6.07) is 6.65. The average Bonchev–Trinajstić information content (AvgIpc) is 2.27. The molecule has 0 heterocycles. The van der Waals surface area contributed by atoms with Crippen molar-refractivity contribution < 1.29 is 8.78 Å². The van der Waals surface area contributed by atoms with E-state index in [4.69, 9.17) is 0 Å². The molecule has 1 aromatic rings. The van der Waals surface area contributed by atoms with Crippen LogP contribution in [-0.4, -0.2) is 12.1 Å². The quantitative estimate of drug-likeness (QED) is 0.746. The Balaban J connectivity index is 2.23. The zero-order valence-corrected chi connectivity index (χ0v) is 11.5. The molecule has 0 saturated carbocycles. The lowest BCUT2D eigenvalue weighted by Crippen LogP contribution is -2.36. The smallest absolute Gasteiger partial charge is 0.263 e. The van der Waals surface area contributed by atoms with Gasteiger partial charge in [0.15, 0.2) is 0 Å². The summed E-state index contributed by atoms with van der Waals surface area (Å²) in [5.41, 5.74) is 1.40. The minimum Gasteiger partial charge on any atom is -0.312 e. The van der Waals surface area contributed by atoms with Gasteiger partial charge in [-0.1, -0.05) is 24.3 Å². The topological polar surface area (TPSA) is 12.0 Å². The van der Waals surface area contributed by atoms with Crippen LogP contribution in [-0.2, 0) is 6.42 Å². The Morgan fingerprint density at radius 1 is 1.06 bits per heavy atom. The van der Waals surface area contributed by atoms with E-state index in [0.29, 0.717) is 0 Å². The maximum absolute atomic E-state index is 12.4. The highest BCUT2D eigenvalue weighted by Gasteiger charge is 2.07. The molecule has 0 saturated heterocycles. The van der Waals surface area contributed by atoms with Crippen LogP contribution < -0.4 is 5.32 Å². The first-order chi connectivity index (χ1) is 8.38. The summed E-state index contributed by atoms with van der Waals surface area (Å²) >= 11 is 0. The largest absolute Gasteiger partial charge is 0.312 e. The molecule has 1 N–H and O–H groups in total. The number of alkyl halides is 2. The van der Waals surface area contributed by atoms with Crippen molar-refractivity contribution in [1.29, 1.82) is 0 Å². The molecule has 1 nitrogen and oxygen atoms in total. The van der Waals surface area contributed by atoms with Gasteiger partial charge >= 0.3 is 0 Å². The van der Waals surface area contributed by atoms with E-state index in [1.807, 2.05) is 0 Å². The van der Waals surface area contributed by atoms with E-state index < -0.39 is 6.43 Å². The van der Waals surface area contributed by atoms with Crippen molar-refractivity contribution in [3.63, 3.8) is 0 Å². The van der Waals surface area contributed by atoms with Crippen molar-refractivity contribution in [3.8, 4) is 0 Å². The standard InChI is InChI=1S/C15H23F2N/c1-15(2,3)18-11-5-4-6-12-7-9-13(10-8-12)14(16)17/h7-10,14,18H,4-6,11H2,1-3H3. The second-order valence-electron chi connectivity index (χ2n) is 5.68. The molecule has 0 bridgehead atoms. The van der Waals surface area contributed by atoms with Crippen LogP contribution in [0.5, 0.6) is 0 Å². The van der Waals surface area contributed by atoms with Crippen molar-refractivity contribution in [1.82, 2.24) is 5.32 Å². The Morgan fingerprint density at radius 2 is 1.67 bits per heavy atom. The molecule has 0 unspecified atom stereocenters. The van der Waals surface area contributed by atoms with Crippen molar-refractivity contribution in [2.45, 2.75) is 52.0 Å². The lowest BCUT2D eigenvalue weighted by Gasteiger charge is -2.20. The van der Waals surface area contributed by atoms with E-state index in [9.17, 15) is 8.78 Å². The predicted molar refractivity (Wildman–Crippen MR) is 72.1 cm³/mol. The molecular formula is C15H23F2N. The number of hydrogen-bond donors (Lipinski definition) is 1. The SMILES string of the molecule is CC(C)(C)NCCCCc1ccc(C(F)F)cc1.